The van der Waals surface area contributed by atoms with Crippen molar-refractivity contribution in [2.24, 2.45) is 0 Å². The van der Waals surface area contributed by atoms with Crippen LogP contribution in [0, 0.1) is 0 Å². The fourth-order valence-electron chi connectivity index (χ4n) is 0.627. The largest absolute Gasteiger partial charge is 0.308 e. The third-order valence-electron chi connectivity index (χ3n) is 1.40. The van der Waals surface area contributed by atoms with Crippen molar-refractivity contribution in [3.05, 3.63) is 0 Å². The van der Waals surface area contributed by atoms with Crippen molar-refractivity contribution in [3.63, 3.8) is 0 Å². The molecule has 0 spiro atoms. The highest BCUT2D eigenvalue weighted by molar-refractivity contribution is 9.09. The molecular formula is C7H19Br3N2. The van der Waals surface area contributed by atoms with E-state index in [0.29, 0.717) is 0 Å². The molecule has 5 heteroatoms. The maximum atomic E-state index is 3.40. The van der Waals surface area contributed by atoms with Crippen LogP contribution in [-0.2, 0) is 0 Å². The Labute approximate surface area is 105 Å². The summed E-state index contributed by atoms with van der Waals surface area (Å²) in [5, 5.41) is 1.07. The van der Waals surface area contributed by atoms with E-state index in [9.17, 15) is 0 Å². The summed E-state index contributed by atoms with van der Waals surface area (Å²) in [5.74, 6) is 0. The Morgan fingerprint density at radius 3 is 1.75 bits per heavy atom. The summed E-state index contributed by atoms with van der Waals surface area (Å²) < 4.78 is 0. The van der Waals surface area contributed by atoms with Crippen molar-refractivity contribution >= 4 is 49.9 Å². The van der Waals surface area contributed by atoms with Gasteiger partial charge in [0.2, 0.25) is 0 Å². The number of likely N-dealkylation sites (N-methyl/N-ethyl adjacent to an activating group) is 2. The molecule has 0 saturated heterocycles. The van der Waals surface area contributed by atoms with Crippen LogP contribution in [0.5, 0.6) is 0 Å². The number of nitrogens with zero attached hydrogens (tertiary/aromatic N) is 2. The van der Waals surface area contributed by atoms with E-state index in [1.807, 2.05) is 0 Å². The molecule has 78 valence electrons. The van der Waals surface area contributed by atoms with Crippen molar-refractivity contribution < 1.29 is 0 Å². The molecule has 0 aliphatic rings. The molecule has 0 fully saturated rings. The fraction of sp³-hybridized carbons (Fsp3) is 1.00. The third kappa shape index (κ3) is 13.9. The molecular weight excluding hydrogens is 352 g/mol. The first-order valence-electron chi connectivity index (χ1n) is 3.56. The lowest BCUT2D eigenvalue weighted by molar-refractivity contribution is 0.294. The standard InChI is InChI=1S/C7H17BrN2.2BrH/c1-9(2)6-7-10(3)5-4-8;;/h4-7H2,1-3H3;2*1H. The number of halogens is 3. The van der Waals surface area contributed by atoms with E-state index in [-0.39, 0.29) is 34.0 Å². The van der Waals surface area contributed by atoms with Crippen molar-refractivity contribution in [2.75, 3.05) is 46.1 Å². The molecule has 0 rings (SSSR count). The van der Waals surface area contributed by atoms with Crippen LogP contribution in [-0.4, -0.2) is 55.9 Å². The smallest absolute Gasteiger partial charge is 0.0159 e. The molecule has 0 N–H and O–H groups in total. The van der Waals surface area contributed by atoms with Crippen molar-refractivity contribution in [3.8, 4) is 0 Å². The Morgan fingerprint density at radius 2 is 1.42 bits per heavy atom. The second kappa shape index (κ2) is 12.4. The molecule has 0 aliphatic carbocycles. The zero-order valence-corrected chi connectivity index (χ0v) is 12.9. The molecule has 0 aromatic rings. The highest BCUT2D eigenvalue weighted by Crippen LogP contribution is 1.86. The van der Waals surface area contributed by atoms with Gasteiger partial charge >= 0.3 is 0 Å². The molecule has 0 aromatic carbocycles. The van der Waals surface area contributed by atoms with Gasteiger partial charge in [0.25, 0.3) is 0 Å². The molecule has 0 saturated carbocycles. The predicted octanol–water partition coefficient (Wildman–Crippen LogP) is 2.03. The maximum Gasteiger partial charge on any atom is 0.0159 e. The summed E-state index contributed by atoms with van der Waals surface area (Å²) in [6, 6.07) is 0. The molecule has 0 heterocycles. The first-order chi connectivity index (χ1) is 4.66. The number of rotatable bonds is 5. The monoisotopic (exact) mass is 368 g/mol. The molecule has 0 aromatic heterocycles. The van der Waals surface area contributed by atoms with Crippen molar-refractivity contribution in [2.45, 2.75) is 0 Å². The fourth-order valence-corrected chi connectivity index (χ4v) is 1.23. The van der Waals surface area contributed by atoms with Gasteiger partial charge in [-0.1, -0.05) is 15.9 Å². The second-order valence-corrected chi connectivity index (χ2v) is 3.59. The lowest BCUT2D eigenvalue weighted by Crippen LogP contribution is -2.29. The van der Waals surface area contributed by atoms with Crippen LogP contribution in [0.1, 0.15) is 0 Å². The van der Waals surface area contributed by atoms with Gasteiger partial charge in [0, 0.05) is 25.0 Å². The summed E-state index contributed by atoms with van der Waals surface area (Å²) >= 11 is 3.40. The van der Waals surface area contributed by atoms with Crippen LogP contribution in [0.4, 0.5) is 0 Å². The normalized spacial score (nSPS) is 9.50. The lowest BCUT2D eigenvalue weighted by Gasteiger charge is -2.17. The Kier molecular flexibility index (Phi) is 19.6. The summed E-state index contributed by atoms with van der Waals surface area (Å²) in [6.07, 6.45) is 0. The minimum Gasteiger partial charge on any atom is -0.308 e. The molecule has 0 aliphatic heterocycles. The second-order valence-electron chi connectivity index (χ2n) is 2.80. The molecule has 0 atom stereocenters. The van der Waals surface area contributed by atoms with Crippen molar-refractivity contribution in [1.29, 1.82) is 0 Å². The van der Waals surface area contributed by atoms with Gasteiger partial charge in [-0.2, -0.15) is 0 Å². The van der Waals surface area contributed by atoms with Crippen molar-refractivity contribution in [1.82, 2.24) is 9.80 Å². The highest BCUT2D eigenvalue weighted by Gasteiger charge is 1.96. The van der Waals surface area contributed by atoms with Gasteiger partial charge in [0.15, 0.2) is 0 Å². The first kappa shape index (κ1) is 19.0. The summed E-state index contributed by atoms with van der Waals surface area (Å²) in [6.45, 7) is 3.43. The van der Waals surface area contributed by atoms with E-state index in [4.69, 9.17) is 0 Å². The lowest BCUT2D eigenvalue weighted by atomic mass is 10.5. The Morgan fingerprint density at radius 1 is 0.917 bits per heavy atom. The SMILES string of the molecule is Br.Br.CN(C)CCN(C)CCBr. The molecule has 0 unspecified atom stereocenters. The van der Waals surface area contributed by atoms with Gasteiger partial charge in [-0.05, 0) is 21.1 Å². The Hall–Kier alpha value is 1.36. The Balaban J connectivity index is -0.000000405. The molecule has 0 radical (unpaired) electrons. The molecule has 0 amide bonds. The van der Waals surface area contributed by atoms with Crippen LogP contribution in [0.15, 0.2) is 0 Å². The van der Waals surface area contributed by atoms with Gasteiger partial charge in [-0.3, -0.25) is 0 Å². The topological polar surface area (TPSA) is 6.48 Å². The average molecular weight is 371 g/mol. The van der Waals surface area contributed by atoms with E-state index in [1.54, 1.807) is 0 Å². The average Bonchev–Trinajstić information content (AvgIpc) is 1.85. The van der Waals surface area contributed by atoms with Gasteiger partial charge in [-0.25, -0.2) is 0 Å². The summed E-state index contributed by atoms with van der Waals surface area (Å²) in [5.41, 5.74) is 0. The highest BCUT2D eigenvalue weighted by atomic mass is 79.9. The van der Waals surface area contributed by atoms with Crippen LogP contribution >= 0.6 is 49.9 Å². The zero-order chi connectivity index (χ0) is 7.98. The minimum absolute atomic E-state index is 0. The maximum absolute atomic E-state index is 3.40. The van der Waals surface area contributed by atoms with Crippen LogP contribution in [0.25, 0.3) is 0 Å². The minimum atomic E-state index is 0. The molecule has 2 nitrogen and oxygen atoms in total. The number of alkyl halides is 1. The van der Waals surface area contributed by atoms with Crippen LogP contribution < -0.4 is 0 Å². The zero-order valence-electron chi connectivity index (χ0n) is 7.92. The van der Waals surface area contributed by atoms with Gasteiger partial charge < -0.3 is 9.80 Å². The molecule has 12 heavy (non-hydrogen) atoms. The third-order valence-corrected chi connectivity index (χ3v) is 1.75. The number of hydrogen-bond donors (Lipinski definition) is 0. The van der Waals surface area contributed by atoms with Gasteiger partial charge in [0.05, 0.1) is 0 Å². The van der Waals surface area contributed by atoms with E-state index in [0.717, 1.165) is 25.0 Å². The Bertz CT molecular complexity index is 81.1. The van der Waals surface area contributed by atoms with E-state index < -0.39 is 0 Å². The molecule has 0 bridgehead atoms. The quantitative estimate of drug-likeness (QED) is 0.683. The number of hydrogen-bond acceptors (Lipinski definition) is 2. The predicted molar refractivity (Wildman–Crippen MR) is 70.5 cm³/mol. The first-order valence-corrected chi connectivity index (χ1v) is 4.68. The summed E-state index contributed by atoms with van der Waals surface area (Å²) in [7, 11) is 6.34. The van der Waals surface area contributed by atoms with Crippen LogP contribution in [0.2, 0.25) is 0 Å². The van der Waals surface area contributed by atoms with E-state index in [1.165, 1.54) is 0 Å². The summed E-state index contributed by atoms with van der Waals surface area (Å²) in [4.78, 5) is 4.51. The van der Waals surface area contributed by atoms with E-state index >= 15 is 0 Å². The van der Waals surface area contributed by atoms with Gasteiger partial charge in [0.1, 0.15) is 0 Å². The van der Waals surface area contributed by atoms with E-state index in [2.05, 4.69) is 46.9 Å². The van der Waals surface area contributed by atoms with Crippen LogP contribution in [0.3, 0.4) is 0 Å². The van der Waals surface area contributed by atoms with Gasteiger partial charge in [-0.15, -0.1) is 34.0 Å².